The number of carbonyl (C=O) groups excluding carboxylic acids is 1. The summed E-state index contributed by atoms with van der Waals surface area (Å²) in [5.41, 5.74) is 12.4. The number of amides is 1. The van der Waals surface area contributed by atoms with E-state index in [9.17, 15) is 24.7 Å². The molecule has 1 aliphatic carbocycles. The van der Waals surface area contributed by atoms with Crippen molar-refractivity contribution in [2.24, 2.45) is 5.73 Å². The van der Waals surface area contributed by atoms with Gasteiger partial charge in [0.2, 0.25) is 5.91 Å². The van der Waals surface area contributed by atoms with Crippen LogP contribution in [0.5, 0.6) is 11.5 Å². The van der Waals surface area contributed by atoms with Crippen molar-refractivity contribution in [3.8, 4) is 11.5 Å². The standard InChI is InChI=1S/C20H20BN2O7/c22-17(12-4-2-1-3-5-12)19(24)23-10-14(11-23)29-15-7-6-13-8-9-21(27,28)30-18(13)16(15)20(25)26/h1-2,4,6-7,14,17,27-28H,8-11,22H2,(H,25,26)/q-1/t17-/m0/s1. The Hall–Kier alpha value is -3.26. The van der Waals surface area contributed by atoms with Crippen LogP contribution in [0.1, 0.15) is 15.9 Å². The number of rotatable bonds is 5. The third-order valence-corrected chi connectivity index (χ3v) is 5.24. The monoisotopic (exact) mass is 411 g/mol. The molecule has 1 fully saturated rings. The van der Waals surface area contributed by atoms with Gasteiger partial charge >= 0.3 is 12.7 Å². The fourth-order valence-electron chi connectivity index (χ4n) is 3.58. The maximum Gasteiger partial charge on any atom is 0.430 e. The molecular weight excluding hydrogens is 391 g/mol. The molecule has 10 heteroatoms. The number of carboxylic acid groups (broad SMARTS) is 1. The molecule has 1 atom stereocenters. The van der Waals surface area contributed by atoms with Crippen LogP contribution < -0.4 is 15.1 Å². The lowest BCUT2D eigenvalue weighted by molar-refractivity contribution is -0.140. The van der Waals surface area contributed by atoms with Crippen molar-refractivity contribution >= 4 is 18.6 Å². The Morgan fingerprint density at radius 3 is 2.77 bits per heavy atom. The summed E-state index contributed by atoms with van der Waals surface area (Å²) in [5.74, 6) is -1.64. The Kier molecular flexibility index (Phi) is 5.03. The molecule has 1 aromatic rings. The van der Waals surface area contributed by atoms with Gasteiger partial charge in [-0.15, -0.1) is 0 Å². The fourth-order valence-corrected chi connectivity index (χ4v) is 3.58. The summed E-state index contributed by atoms with van der Waals surface area (Å²) >= 11 is 0. The number of aryl methyl sites for hydroxylation is 1. The normalized spacial score (nSPS) is 20.0. The molecule has 0 radical (unpaired) electrons. The molecule has 0 saturated carbocycles. The van der Waals surface area contributed by atoms with Gasteiger partial charge in [-0.05, 0) is 30.2 Å². The molecule has 0 spiro atoms. The van der Waals surface area contributed by atoms with Crippen molar-refractivity contribution in [3.05, 3.63) is 58.5 Å². The molecule has 2 heterocycles. The average molecular weight is 411 g/mol. The number of likely N-dealkylation sites (tertiary alicyclic amines) is 1. The lowest BCUT2D eigenvalue weighted by Gasteiger charge is -2.41. The smallest absolute Gasteiger partial charge is 0.430 e. The van der Waals surface area contributed by atoms with E-state index in [1.54, 1.807) is 24.3 Å². The van der Waals surface area contributed by atoms with Crippen LogP contribution in [0.25, 0.3) is 0 Å². The molecule has 1 saturated heterocycles. The molecule has 9 nitrogen and oxygen atoms in total. The largest absolute Gasteiger partial charge is 0.669 e. The van der Waals surface area contributed by atoms with Gasteiger partial charge in [-0.2, -0.15) is 0 Å². The first-order chi connectivity index (χ1) is 14.2. The first-order valence-electron chi connectivity index (χ1n) is 9.53. The van der Waals surface area contributed by atoms with E-state index in [0.717, 1.165) is 0 Å². The highest BCUT2D eigenvalue weighted by molar-refractivity contribution is 6.59. The summed E-state index contributed by atoms with van der Waals surface area (Å²) in [4.78, 5) is 25.8. The van der Waals surface area contributed by atoms with E-state index in [1.165, 1.54) is 11.0 Å². The molecule has 0 unspecified atom stereocenters. The average Bonchev–Trinajstić information content (AvgIpc) is 2.68. The van der Waals surface area contributed by atoms with Gasteiger partial charge in [0.25, 0.3) is 0 Å². The van der Waals surface area contributed by atoms with Crippen molar-refractivity contribution in [2.45, 2.75) is 24.9 Å². The third kappa shape index (κ3) is 3.78. The second kappa shape index (κ2) is 7.53. The van der Waals surface area contributed by atoms with Gasteiger partial charge in [-0.25, -0.2) is 4.79 Å². The maximum absolute atomic E-state index is 12.5. The number of fused-ring (bicyclic) bond motifs is 1. The number of nitrogens with two attached hydrogens (primary N) is 1. The number of ether oxygens (including phenoxy) is 1. The highest BCUT2D eigenvalue weighted by Crippen LogP contribution is 2.39. The number of allylic oxidation sites excluding steroid dienone is 2. The van der Waals surface area contributed by atoms with E-state index >= 15 is 0 Å². The zero-order valence-corrected chi connectivity index (χ0v) is 15.9. The molecule has 1 amide bonds. The molecule has 3 aliphatic rings. The Morgan fingerprint density at radius 2 is 2.10 bits per heavy atom. The third-order valence-electron chi connectivity index (χ3n) is 5.24. The SMILES string of the molecule is N[C@H](C(=O)N1CC(Oc2ccc3c(c2C(=O)O)O[B-](O)(O)CC3)C1)C1=C=C=CC=C1. The Morgan fingerprint density at radius 1 is 1.33 bits per heavy atom. The van der Waals surface area contributed by atoms with Crippen LogP contribution in [0, 0.1) is 0 Å². The van der Waals surface area contributed by atoms with E-state index in [-0.39, 0.29) is 48.8 Å². The zero-order chi connectivity index (χ0) is 21.5. The van der Waals surface area contributed by atoms with E-state index in [2.05, 4.69) is 11.5 Å². The molecule has 0 bridgehead atoms. The topological polar surface area (TPSA) is 143 Å². The minimum absolute atomic E-state index is 0.0111. The minimum atomic E-state index is -3.11. The second-order valence-electron chi connectivity index (χ2n) is 7.46. The lowest BCUT2D eigenvalue weighted by Crippen LogP contribution is -2.60. The highest BCUT2D eigenvalue weighted by Gasteiger charge is 2.37. The summed E-state index contributed by atoms with van der Waals surface area (Å²) < 4.78 is 10.9. The maximum atomic E-state index is 12.5. The van der Waals surface area contributed by atoms with Crippen LogP contribution in [-0.2, 0) is 11.2 Å². The first-order valence-corrected chi connectivity index (χ1v) is 9.53. The second-order valence-corrected chi connectivity index (χ2v) is 7.46. The van der Waals surface area contributed by atoms with Crippen LogP contribution in [0.15, 0.2) is 47.4 Å². The number of nitrogens with zero attached hydrogens (tertiary/aromatic N) is 1. The summed E-state index contributed by atoms with van der Waals surface area (Å²) in [6.07, 6.45) is 4.92. The summed E-state index contributed by atoms with van der Waals surface area (Å²) in [7, 11) is 0. The molecule has 4 rings (SSSR count). The van der Waals surface area contributed by atoms with Crippen molar-refractivity contribution in [3.63, 3.8) is 0 Å². The predicted octanol–water partition coefficient (Wildman–Crippen LogP) is -0.0335. The van der Waals surface area contributed by atoms with Crippen molar-refractivity contribution < 1.29 is 34.1 Å². The highest BCUT2D eigenvalue weighted by atomic mass is 16.6. The first kappa shape index (κ1) is 20.0. The van der Waals surface area contributed by atoms with E-state index < -0.39 is 24.9 Å². The Balaban J connectivity index is 1.46. The van der Waals surface area contributed by atoms with E-state index in [0.29, 0.717) is 11.1 Å². The number of aromatic carboxylic acids is 1. The molecule has 156 valence electrons. The van der Waals surface area contributed by atoms with Crippen LogP contribution >= 0.6 is 0 Å². The van der Waals surface area contributed by atoms with Crippen LogP contribution in [0.3, 0.4) is 0 Å². The summed E-state index contributed by atoms with van der Waals surface area (Å²) in [6, 6.07) is 2.30. The summed E-state index contributed by atoms with van der Waals surface area (Å²) in [5, 5.41) is 29.2. The van der Waals surface area contributed by atoms with Gasteiger partial charge in [0.1, 0.15) is 23.5 Å². The predicted molar refractivity (Wildman–Crippen MR) is 106 cm³/mol. The number of carbonyl (C=O) groups is 2. The quantitative estimate of drug-likeness (QED) is 0.391. The van der Waals surface area contributed by atoms with E-state index in [4.69, 9.17) is 15.1 Å². The number of hydrogen-bond donors (Lipinski definition) is 4. The molecular formula is C20H20BN2O7-. The fraction of sp³-hybridized carbons (Fsp3) is 0.300. The molecule has 30 heavy (non-hydrogen) atoms. The zero-order valence-electron chi connectivity index (χ0n) is 15.9. The van der Waals surface area contributed by atoms with Crippen LogP contribution in [0.2, 0.25) is 6.32 Å². The molecule has 1 aromatic carbocycles. The van der Waals surface area contributed by atoms with Crippen molar-refractivity contribution in [1.82, 2.24) is 4.90 Å². The van der Waals surface area contributed by atoms with Crippen molar-refractivity contribution in [2.75, 3.05) is 13.1 Å². The van der Waals surface area contributed by atoms with Gasteiger partial charge < -0.3 is 35.2 Å². The number of hydrogen-bond acceptors (Lipinski definition) is 7. The minimum Gasteiger partial charge on any atom is -0.669 e. The van der Waals surface area contributed by atoms with Gasteiger partial charge in [-0.3, -0.25) is 4.79 Å². The van der Waals surface area contributed by atoms with Crippen LogP contribution in [0.4, 0.5) is 0 Å². The number of carboxylic acids is 1. The molecule has 2 aliphatic heterocycles. The lowest BCUT2D eigenvalue weighted by atomic mass is 9.70. The van der Waals surface area contributed by atoms with Gasteiger partial charge in [-0.1, -0.05) is 29.9 Å². The van der Waals surface area contributed by atoms with Crippen LogP contribution in [-0.4, -0.2) is 63.9 Å². The number of benzene rings is 1. The van der Waals surface area contributed by atoms with Crippen molar-refractivity contribution in [1.29, 1.82) is 0 Å². The molecule has 5 N–H and O–H groups in total. The summed E-state index contributed by atoms with van der Waals surface area (Å²) in [6.45, 7) is -2.62. The van der Waals surface area contributed by atoms with Gasteiger partial charge in [0.15, 0.2) is 0 Å². The van der Waals surface area contributed by atoms with E-state index in [1.807, 2.05) is 0 Å². The Labute approximate surface area is 172 Å². The molecule has 0 aromatic heterocycles. The Bertz CT molecular complexity index is 1050. The van der Waals surface area contributed by atoms with Gasteiger partial charge in [0.05, 0.1) is 18.8 Å². The van der Waals surface area contributed by atoms with Gasteiger partial charge in [0, 0.05) is 5.57 Å².